The van der Waals surface area contributed by atoms with Crippen molar-refractivity contribution < 1.29 is 14.0 Å². The Labute approximate surface area is 151 Å². The highest BCUT2D eigenvalue weighted by Crippen LogP contribution is 2.10. The van der Waals surface area contributed by atoms with Gasteiger partial charge in [-0.3, -0.25) is 19.5 Å². The molecular formula is C19H21FN4O2. The molecule has 0 saturated carbocycles. The summed E-state index contributed by atoms with van der Waals surface area (Å²) >= 11 is 0. The summed E-state index contributed by atoms with van der Waals surface area (Å²) in [5.74, 6) is -0.740. The molecule has 136 valence electrons. The van der Waals surface area contributed by atoms with Crippen molar-refractivity contribution in [3.05, 3.63) is 65.7 Å². The van der Waals surface area contributed by atoms with Crippen LogP contribution >= 0.6 is 0 Å². The minimum absolute atomic E-state index is 0.146. The highest BCUT2D eigenvalue weighted by atomic mass is 19.1. The number of carbonyl (C=O) groups excluding carboxylic acids is 2. The molecule has 1 fully saturated rings. The molecular weight excluding hydrogens is 335 g/mol. The van der Waals surface area contributed by atoms with E-state index in [9.17, 15) is 14.0 Å². The largest absolute Gasteiger partial charge is 0.349 e. The second-order valence-electron chi connectivity index (χ2n) is 6.12. The Bertz CT molecular complexity index is 761. The number of amides is 2. The zero-order chi connectivity index (χ0) is 18.4. The number of piperazine rings is 1. The summed E-state index contributed by atoms with van der Waals surface area (Å²) < 4.78 is 13.3. The summed E-state index contributed by atoms with van der Waals surface area (Å²) in [6, 6.07) is 11.0. The van der Waals surface area contributed by atoms with Gasteiger partial charge in [-0.15, -0.1) is 0 Å². The first-order chi connectivity index (χ1) is 12.6. The van der Waals surface area contributed by atoms with E-state index in [1.807, 2.05) is 0 Å². The molecule has 6 nitrogen and oxygen atoms in total. The predicted molar refractivity (Wildman–Crippen MR) is 95.3 cm³/mol. The molecule has 2 aromatic rings. The SMILES string of the molecule is O=C(NCCN1CCN(C(=O)c2cccc(F)c2)CC1)c1ccccn1. The summed E-state index contributed by atoms with van der Waals surface area (Å²) in [5.41, 5.74) is 0.777. The van der Waals surface area contributed by atoms with Crippen molar-refractivity contribution in [2.45, 2.75) is 0 Å². The third-order valence-electron chi connectivity index (χ3n) is 4.34. The van der Waals surface area contributed by atoms with E-state index >= 15 is 0 Å². The lowest BCUT2D eigenvalue weighted by molar-refractivity contribution is 0.0637. The van der Waals surface area contributed by atoms with Gasteiger partial charge in [0.1, 0.15) is 11.5 Å². The van der Waals surface area contributed by atoms with E-state index in [0.717, 1.165) is 13.1 Å². The molecule has 0 atom stereocenters. The fraction of sp³-hybridized carbons (Fsp3) is 0.316. The number of pyridine rings is 1. The van der Waals surface area contributed by atoms with E-state index in [2.05, 4.69) is 15.2 Å². The molecule has 1 aromatic heterocycles. The lowest BCUT2D eigenvalue weighted by Crippen LogP contribution is -2.50. The number of benzene rings is 1. The number of hydrogen-bond acceptors (Lipinski definition) is 4. The van der Waals surface area contributed by atoms with Crippen molar-refractivity contribution >= 4 is 11.8 Å². The van der Waals surface area contributed by atoms with E-state index in [0.29, 0.717) is 37.4 Å². The Kier molecular flexibility index (Phi) is 5.91. The molecule has 0 radical (unpaired) electrons. The van der Waals surface area contributed by atoms with Crippen molar-refractivity contribution in [1.82, 2.24) is 20.1 Å². The molecule has 1 aliphatic rings. The zero-order valence-corrected chi connectivity index (χ0v) is 14.4. The Morgan fingerprint density at radius 1 is 1.08 bits per heavy atom. The number of nitrogens with one attached hydrogen (secondary N) is 1. The van der Waals surface area contributed by atoms with Gasteiger partial charge in [-0.05, 0) is 30.3 Å². The highest BCUT2D eigenvalue weighted by Gasteiger charge is 2.22. The van der Waals surface area contributed by atoms with Crippen LogP contribution in [0.1, 0.15) is 20.8 Å². The van der Waals surface area contributed by atoms with E-state index in [4.69, 9.17) is 0 Å². The van der Waals surface area contributed by atoms with Crippen LogP contribution in [0.2, 0.25) is 0 Å². The Balaban J connectivity index is 1.41. The van der Waals surface area contributed by atoms with Crippen LogP contribution in [0.25, 0.3) is 0 Å². The van der Waals surface area contributed by atoms with E-state index < -0.39 is 5.82 Å². The third kappa shape index (κ3) is 4.64. The number of nitrogens with zero attached hydrogens (tertiary/aromatic N) is 3. The van der Waals surface area contributed by atoms with Gasteiger partial charge in [0.25, 0.3) is 11.8 Å². The van der Waals surface area contributed by atoms with Gasteiger partial charge in [-0.1, -0.05) is 12.1 Å². The number of carbonyl (C=O) groups is 2. The Morgan fingerprint density at radius 3 is 2.58 bits per heavy atom. The normalized spacial score (nSPS) is 14.9. The van der Waals surface area contributed by atoms with E-state index in [-0.39, 0.29) is 11.8 Å². The summed E-state index contributed by atoms with van der Waals surface area (Å²) in [6.45, 7) is 3.85. The first-order valence-electron chi connectivity index (χ1n) is 8.60. The minimum Gasteiger partial charge on any atom is -0.349 e. The first-order valence-corrected chi connectivity index (χ1v) is 8.60. The highest BCUT2D eigenvalue weighted by molar-refractivity contribution is 5.94. The Morgan fingerprint density at radius 2 is 1.88 bits per heavy atom. The number of hydrogen-bond donors (Lipinski definition) is 1. The fourth-order valence-corrected chi connectivity index (χ4v) is 2.89. The molecule has 0 aliphatic carbocycles. The number of aromatic nitrogens is 1. The van der Waals surface area contributed by atoms with Crippen molar-refractivity contribution in [3.8, 4) is 0 Å². The molecule has 0 spiro atoms. The molecule has 7 heteroatoms. The summed E-state index contributed by atoms with van der Waals surface area (Å²) in [7, 11) is 0. The average molecular weight is 356 g/mol. The van der Waals surface area contributed by atoms with Crippen molar-refractivity contribution in [1.29, 1.82) is 0 Å². The van der Waals surface area contributed by atoms with Gasteiger partial charge < -0.3 is 10.2 Å². The molecule has 3 rings (SSSR count). The maximum absolute atomic E-state index is 13.3. The molecule has 2 heterocycles. The lowest BCUT2D eigenvalue weighted by Gasteiger charge is -2.34. The van der Waals surface area contributed by atoms with Gasteiger partial charge >= 0.3 is 0 Å². The lowest BCUT2D eigenvalue weighted by atomic mass is 10.1. The van der Waals surface area contributed by atoms with Crippen LogP contribution < -0.4 is 5.32 Å². The van der Waals surface area contributed by atoms with Crippen LogP contribution in [0, 0.1) is 5.82 Å². The predicted octanol–water partition coefficient (Wildman–Crippen LogP) is 1.41. The molecule has 0 unspecified atom stereocenters. The molecule has 1 aromatic carbocycles. The van der Waals surface area contributed by atoms with E-state index in [1.54, 1.807) is 41.4 Å². The number of halogens is 1. The maximum Gasteiger partial charge on any atom is 0.269 e. The van der Waals surface area contributed by atoms with Gasteiger partial charge in [0.15, 0.2) is 0 Å². The van der Waals surface area contributed by atoms with Crippen LogP contribution in [-0.4, -0.2) is 65.9 Å². The molecule has 2 amide bonds. The first kappa shape index (κ1) is 18.0. The number of rotatable bonds is 5. The smallest absolute Gasteiger partial charge is 0.269 e. The van der Waals surface area contributed by atoms with Gasteiger partial charge in [0, 0.05) is 51.0 Å². The summed E-state index contributed by atoms with van der Waals surface area (Å²) in [5, 5.41) is 2.85. The van der Waals surface area contributed by atoms with Crippen LogP contribution in [0.5, 0.6) is 0 Å². The average Bonchev–Trinajstić information content (AvgIpc) is 2.68. The molecule has 26 heavy (non-hydrogen) atoms. The van der Waals surface area contributed by atoms with Crippen molar-refractivity contribution in [3.63, 3.8) is 0 Å². The van der Waals surface area contributed by atoms with Gasteiger partial charge in [0.05, 0.1) is 0 Å². The zero-order valence-electron chi connectivity index (χ0n) is 14.4. The van der Waals surface area contributed by atoms with Crippen molar-refractivity contribution in [2.75, 3.05) is 39.3 Å². The summed E-state index contributed by atoms with van der Waals surface area (Å²) in [6.07, 6.45) is 1.59. The Hall–Kier alpha value is -2.80. The van der Waals surface area contributed by atoms with Crippen LogP contribution in [0.4, 0.5) is 4.39 Å². The van der Waals surface area contributed by atoms with E-state index in [1.165, 1.54) is 12.1 Å². The second-order valence-corrected chi connectivity index (χ2v) is 6.12. The van der Waals surface area contributed by atoms with Gasteiger partial charge in [-0.25, -0.2) is 4.39 Å². The monoisotopic (exact) mass is 356 g/mol. The second kappa shape index (κ2) is 8.53. The third-order valence-corrected chi connectivity index (χ3v) is 4.34. The summed E-state index contributed by atoms with van der Waals surface area (Å²) in [4.78, 5) is 32.3. The molecule has 1 saturated heterocycles. The molecule has 1 aliphatic heterocycles. The minimum atomic E-state index is -0.405. The van der Waals surface area contributed by atoms with Crippen LogP contribution in [-0.2, 0) is 0 Å². The molecule has 0 bridgehead atoms. The molecule has 1 N–H and O–H groups in total. The van der Waals surface area contributed by atoms with Crippen molar-refractivity contribution in [2.24, 2.45) is 0 Å². The van der Waals surface area contributed by atoms with Crippen LogP contribution in [0.3, 0.4) is 0 Å². The standard InChI is InChI=1S/C19H21FN4O2/c20-16-5-3-4-15(14-16)19(26)24-12-10-23(11-13-24)9-8-22-18(25)17-6-1-2-7-21-17/h1-7,14H,8-13H2,(H,22,25). The maximum atomic E-state index is 13.3. The van der Waals surface area contributed by atoms with Gasteiger partial charge in [-0.2, -0.15) is 0 Å². The quantitative estimate of drug-likeness (QED) is 0.880. The van der Waals surface area contributed by atoms with Crippen LogP contribution in [0.15, 0.2) is 48.7 Å². The fourth-order valence-electron chi connectivity index (χ4n) is 2.89. The topological polar surface area (TPSA) is 65.5 Å². The van der Waals surface area contributed by atoms with Gasteiger partial charge in [0.2, 0.25) is 0 Å².